The van der Waals surface area contributed by atoms with Gasteiger partial charge in [0.05, 0.1) is 25.6 Å². The summed E-state index contributed by atoms with van der Waals surface area (Å²) >= 11 is 7.35. The summed E-state index contributed by atoms with van der Waals surface area (Å²) in [5, 5.41) is 10.6. The molecule has 1 amide bonds. The Morgan fingerprint density at radius 2 is 1.77 bits per heavy atom. The largest absolute Gasteiger partial charge is 0.493 e. The van der Waals surface area contributed by atoms with Crippen molar-refractivity contribution < 1.29 is 19.0 Å². The fraction of sp³-hybridized carbons (Fsp3) is 0.240. The molecule has 0 fully saturated rings. The Labute approximate surface area is 212 Å². The molecule has 2 aromatic heterocycles. The third-order valence-corrected chi connectivity index (χ3v) is 6.23. The number of aromatic nitrogens is 3. The number of aryl methyl sites for hydroxylation is 1. The topological polar surface area (TPSA) is 87.5 Å². The third kappa shape index (κ3) is 5.41. The van der Waals surface area contributed by atoms with Crippen LogP contribution < -0.4 is 19.5 Å². The molecule has 0 atom stereocenters. The summed E-state index contributed by atoms with van der Waals surface area (Å²) in [6, 6.07) is 14.3. The molecule has 0 aliphatic carbocycles. The van der Waals surface area contributed by atoms with Crippen LogP contribution >= 0.6 is 22.9 Å². The number of thiazole rings is 1. The molecule has 0 aliphatic rings. The molecule has 182 valence electrons. The minimum Gasteiger partial charge on any atom is -0.493 e. The molecule has 0 saturated heterocycles. The average Bonchev–Trinajstić information content (AvgIpc) is 3.46. The van der Waals surface area contributed by atoms with E-state index in [2.05, 4.69) is 10.4 Å². The summed E-state index contributed by atoms with van der Waals surface area (Å²) in [5.41, 5.74) is 1.21. The second-order valence-corrected chi connectivity index (χ2v) is 9.46. The molecular formula is C25H25ClN4O4S. The smallest absolute Gasteiger partial charge is 0.269 e. The summed E-state index contributed by atoms with van der Waals surface area (Å²) in [7, 11) is 3.18. The van der Waals surface area contributed by atoms with Crippen molar-refractivity contribution in [1.82, 2.24) is 14.8 Å². The fourth-order valence-electron chi connectivity index (χ4n) is 3.33. The predicted molar refractivity (Wildman–Crippen MR) is 137 cm³/mol. The number of benzene rings is 2. The summed E-state index contributed by atoms with van der Waals surface area (Å²) in [6.45, 7) is 5.25. The van der Waals surface area contributed by atoms with Crippen LogP contribution in [0.5, 0.6) is 17.2 Å². The van der Waals surface area contributed by atoms with E-state index < -0.39 is 5.60 Å². The lowest BCUT2D eigenvalue weighted by Gasteiger charge is -2.25. The first-order valence-corrected chi connectivity index (χ1v) is 12.0. The molecule has 2 aromatic carbocycles. The van der Waals surface area contributed by atoms with Crippen LogP contribution in [-0.4, -0.2) is 40.5 Å². The predicted octanol–water partition coefficient (Wildman–Crippen LogP) is 5.77. The van der Waals surface area contributed by atoms with Gasteiger partial charge >= 0.3 is 0 Å². The van der Waals surface area contributed by atoms with Crippen LogP contribution in [0.15, 0.2) is 53.9 Å². The maximum atomic E-state index is 13.1. The van der Waals surface area contributed by atoms with Crippen molar-refractivity contribution in [2.45, 2.75) is 26.4 Å². The van der Waals surface area contributed by atoms with Crippen molar-refractivity contribution in [3.05, 3.63) is 64.6 Å². The number of methoxy groups -OCH3 is 2. The third-order valence-electron chi connectivity index (χ3n) is 5.16. The van der Waals surface area contributed by atoms with Gasteiger partial charge in [-0.25, -0.2) is 4.98 Å². The van der Waals surface area contributed by atoms with E-state index >= 15 is 0 Å². The van der Waals surface area contributed by atoms with E-state index in [0.29, 0.717) is 33.2 Å². The number of hydrogen-bond acceptors (Lipinski definition) is 7. The van der Waals surface area contributed by atoms with E-state index in [9.17, 15) is 4.79 Å². The lowest BCUT2D eigenvalue weighted by molar-refractivity contribution is -0.128. The summed E-state index contributed by atoms with van der Waals surface area (Å²) in [5.74, 6) is 1.96. The first kappa shape index (κ1) is 24.6. The molecule has 0 saturated carbocycles. The van der Waals surface area contributed by atoms with Crippen molar-refractivity contribution >= 4 is 34.7 Å². The quantitative estimate of drug-likeness (QED) is 0.322. The Hall–Kier alpha value is -3.56. The van der Waals surface area contributed by atoms with Crippen LogP contribution in [0.1, 0.15) is 19.5 Å². The molecule has 2 heterocycles. The van der Waals surface area contributed by atoms with Crippen LogP contribution in [0.4, 0.5) is 5.82 Å². The monoisotopic (exact) mass is 512 g/mol. The van der Waals surface area contributed by atoms with E-state index in [4.69, 9.17) is 30.8 Å². The molecular weight excluding hydrogens is 488 g/mol. The highest BCUT2D eigenvalue weighted by atomic mass is 35.5. The highest BCUT2D eigenvalue weighted by molar-refractivity contribution is 7.12. The molecule has 0 spiro atoms. The van der Waals surface area contributed by atoms with Crippen LogP contribution in [0.3, 0.4) is 0 Å². The minimum atomic E-state index is -1.15. The SMILES string of the molecule is COc1ccc(-c2csc(-n3nc(C)cc3NC(=O)C(C)(C)Oc3ccc(Cl)cc3)n2)cc1OC. The van der Waals surface area contributed by atoms with E-state index in [1.54, 1.807) is 63.1 Å². The van der Waals surface area contributed by atoms with Gasteiger partial charge < -0.3 is 19.5 Å². The highest BCUT2D eigenvalue weighted by Crippen LogP contribution is 2.34. The molecule has 8 nitrogen and oxygen atoms in total. The van der Waals surface area contributed by atoms with Gasteiger partial charge in [0.25, 0.3) is 5.91 Å². The number of halogens is 1. The zero-order valence-corrected chi connectivity index (χ0v) is 21.5. The highest BCUT2D eigenvalue weighted by Gasteiger charge is 2.31. The Kier molecular flexibility index (Phi) is 7.00. The molecule has 10 heteroatoms. The number of nitrogens with zero attached hydrogens (tertiary/aromatic N) is 3. The van der Waals surface area contributed by atoms with Crippen LogP contribution in [0.2, 0.25) is 5.02 Å². The molecule has 35 heavy (non-hydrogen) atoms. The fourth-order valence-corrected chi connectivity index (χ4v) is 4.26. The Bertz CT molecular complexity index is 1350. The van der Waals surface area contributed by atoms with Gasteiger partial charge in [-0.15, -0.1) is 11.3 Å². The van der Waals surface area contributed by atoms with Gasteiger partial charge in [0, 0.05) is 22.0 Å². The number of carbonyl (C=O) groups is 1. The van der Waals surface area contributed by atoms with Crippen molar-refractivity contribution in [2.75, 3.05) is 19.5 Å². The summed E-state index contributed by atoms with van der Waals surface area (Å²) in [4.78, 5) is 17.8. The van der Waals surface area contributed by atoms with Gasteiger partial charge in [-0.1, -0.05) is 11.6 Å². The number of rotatable bonds is 8. The van der Waals surface area contributed by atoms with Crippen LogP contribution in [-0.2, 0) is 4.79 Å². The number of nitrogens with one attached hydrogen (secondary N) is 1. The van der Waals surface area contributed by atoms with E-state index in [0.717, 1.165) is 17.0 Å². The normalized spacial score (nSPS) is 11.3. The molecule has 0 bridgehead atoms. The maximum absolute atomic E-state index is 13.1. The molecule has 0 aliphatic heterocycles. The molecule has 4 aromatic rings. The van der Waals surface area contributed by atoms with E-state index in [-0.39, 0.29) is 5.91 Å². The summed E-state index contributed by atoms with van der Waals surface area (Å²) in [6.07, 6.45) is 0. The Balaban J connectivity index is 1.56. The van der Waals surface area contributed by atoms with E-state index in [1.807, 2.05) is 30.5 Å². The lowest BCUT2D eigenvalue weighted by Crippen LogP contribution is -2.42. The average molecular weight is 513 g/mol. The van der Waals surface area contributed by atoms with Crippen LogP contribution in [0.25, 0.3) is 16.4 Å². The first-order chi connectivity index (χ1) is 16.7. The first-order valence-electron chi connectivity index (χ1n) is 10.7. The molecule has 0 unspecified atom stereocenters. The van der Waals surface area contributed by atoms with Gasteiger partial charge in [-0.3, -0.25) is 4.79 Å². The standard InChI is InChI=1S/C25H25ClN4O4S/c1-15-12-22(28-23(31)25(2,3)34-18-9-7-17(26)8-10-18)30(29-15)24-27-19(14-35-24)16-6-11-20(32-4)21(13-16)33-5/h6-14H,1-5H3,(H,28,31). The number of ether oxygens (including phenoxy) is 3. The Morgan fingerprint density at radius 3 is 2.46 bits per heavy atom. The van der Waals surface area contributed by atoms with Gasteiger partial charge in [-0.2, -0.15) is 9.78 Å². The Morgan fingerprint density at radius 1 is 1.06 bits per heavy atom. The molecule has 1 N–H and O–H groups in total. The van der Waals surface area contributed by atoms with Crippen molar-refractivity contribution in [1.29, 1.82) is 0 Å². The molecule has 4 rings (SSSR count). The van der Waals surface area contributed by atoms with Crippen molar-refractivity contribution in [2.24, 2.45) is 0 Å². The minimum absolute atomic E-state index is 0.328. The van der Waals surface area contributed by atoms with Gasteiger partial charge in [0.1, 0.15) is 11.6 Å². The van der Waals surface area contributed by atoms with Gasteiger partial charge in [0.15, 0.2) is 17.1 Å². The number of amides is 1. The summed E-state index contributed by atoms with van der Waals surface area (Å²) < 4.78 is 18.2. The van der Waals surface area contributed by atoms with Gasteiger partial charge in [0.2, 0.25) is 5.13 Å². The van der Waals surface area contributed by atoms with Gasteiger partial charge in [-0.05, 0) is 63.2 Å². The second kappa shape index (κ2) is 9.97. The van der Waals surface area contributed by atoms with Crippen molar-refractivity contribution in [3.8, 4) is 33.6 Å². The van der Waals surface area contributed by atoms with Crippen molar-refractivity contribution in [3.63, 3.8) is 0 Å². The molecule has 0 radical (unpaired) electrons. The zero-order valence-electron chi connectivity index (χ0n) is 20.0. The number of hydrogen-bond donors (Lipinski definition) is 1. The van der Waals surface area contributed by atoms with Crippen LogP contribution in [0, 0.1) is 6.92 Å². The maximum Gasteiger partial charge on any atom is 0.269 e. The lowest BCUT2D eigenvalue weighted by atomic mass is 10.1. The van der Waals surface area contributed by atoms with E-state index in [1.165, 1.54) is 11.3 Å². The number of carbonyl (C=O) groups excluding carboxylic acids is 1. The number of anilines is 1. The zero-order chi connectivity index (χ0) is 25.2. The second-order valence-electron chi connectivity index (χ2n) is 8.19.